The van der Waals surface area contributed by atoms with Gasteiger partial charge >= 0.3 is 0 Å². The molecule has 0 radical (unpaired) electrons. The summed E-state index contributed by atoms with van der Waals surface area (Å²) in [5, 5.41) is 7.49. The standard InChI is InChI=1S/C18H21NS/c1-2-17-13(3-4-20-17)10-16(1)19-18-14-6-11-5-12(8-14)9-15(18)7-11/h1-4,10-12,14-15,18-19H,5-9H2. The minimum Gasteiger partial charge on any atom is -0.382 e. The van der Waals surface area contributed by atoms with Crippen LogP contribution in [0.5, 0.6) is 0 Å². The highest BCUT2D eigenvalue weighted by atomic mass is 32.1. The molecule has 1 heterocycles. The van der Waals surface area contributed by atoms with Crippen molar-refractivity contribution in [2.45, 2.75) is 38.1 Å². The monoisotopic (exact) mass is 283 g/mol. The van der Waals surface area contributed by atoms with E-state index in [1.165, 1.54) is 41.5 Å². The van der Waals surface area contributed by atoms with E-state index >= 15 is 0 Å². The van der Waals surface area contributed by atoms with Crippen LogP contribution in [0.4, 0.5) is 5.69 Å². The van der Waals surface area contributed by atoms with Gasteiger partial charge in [-0.25, -0.2) is 0 Å². The third kappa shape index (κ3) is 1.74. The zero-order valence-corrected chi connectivity index (χ0v) is 12.5. The van der Waals surface area contributed by atoms with E-state index in [1.54, 1.807) is 6.42 Å². The van der Waals surface area contributed by atoms with Crippen molar-refractivity contribution in [1.29, 1.82) is 0 Å². The Balaban J connectivity index is 1.43. The number of thiophene rings is 1. The van der Waals surface area contributed by atoms with Gasteiger partial charge in [-0.15, -0.1) is 11.3 Å². The highest BCUT2D eigenvalue weighted by Crippen LogP contribution is 2.54. The van der Waals surface area contributed by atoms with Crippen molar-refractivity contribution < 1.29 is 0 Å². The first kappa shape index (κ1) is 11.6. The fraction of sp³-hybridized carbons (Fsp3) is 0.556. The quantitative estimate of drug-likeness (QED) is 0.805. The third-order valence-electron chi connectivity index (χ3n) is 6.01. The molecule has 1 N–H and O–H groups in total. The van der Waals surface area contributed by atoms with Gasteiger partial charge in [0.25, 0.3) is 0 Å². The zero-order chi connectivity index (χ0) is 13.1. The Labute approximate surface area is 124 Å². The van der Waals surface area contributed by atoms with Crippen LogP contribution >= 0.6 is 11.3 Å². The van der Waals surface area contributed by atoms with Crippen LogP contribution in [0.15, 0.2) is 29.6 Å². The molecule has 4 saturated carbocycles. The topological polar surface area (TPSA) is 12.0 Å². The lowest BCUT2D eigenvalue weighted by Gasteiger charge is -2.54. The first-order valence-electron chi connectivity index (χ1n) is 8.09. The van der Waals surface area contributed by atoms with Gasteiger partial charge < -0.3 is 5.32 Å². The second-order valence-corrected chi connectivity index (χ2v) is 8.22. The van der Waals surface area contributed by atoms with Crippen LogP contribution in [0.2, 0.25) is 0 Å². The molecule has 0 amide bonds. The van der Waals surface area contributed by atoms with Crippen molar-refractivity contribution >= 4 is 27.1 Å². The number of rotatable bonds is 2. The molecule has 1 aromatic carbocycles. The van der Waals surface area contributed by atoms with Gasteiger partial charge in [0, 0.05) is 16.4 Å². The fourth-order valence-electron chi connectivity index (χ4n) is 5.41. The van der Waals surface area contributed by atoms with Crippen LogP contribution in [0.25, 0.3) is 10.1 Å². The van der Waals surface area contributed by atoms with Gasteiger partial charge in [-0.05, 0) is 90.8 Å². The molecule has 6 rings (SSSR count). The lowest BCUT2D eigenvalue weighted by atomic mass is 9.54. The van der Waals surface area contributed by atoms with Crippen LogP contribution in [0, 0.1) is 23.7 Å². The fourth-order valence-corrected chi connectivity index (χ4v) is 6.18. The lowest BCUT2D eigenvalue weighted by Crippen LogP contribution is -2.51. The molecular weight excluding hydrogens is 262 g/mol. The summed E-state index contributed by atoms with van der Waals surface area (Å²) in [4.78, 5) is 0. The maximum Gasteiger partial charge on any atom is 0.0349 e. The van der Waals surface area contributed by atoms with Crippen LogP contribution in [-0.4, -0.2) is 6.04 Å². The van der Waals surface area contributed by atoms with Gasteiger partial charge in [0.05, 0.1) is 0 Å². The third-order valence-corrected chi connectivity index (χ3v) is 6.91. The molecule has 4 bridgehead atoms. The average molecular weight is 283 g/mol. The average Bonchev–Trinajstić information content (AvgIpc) is 2.89. The highest BCUT2D eigenvalue weighted by molar-refractivity contribution is 7.17. The molecule has 0 aliphatic heterocycles. The predicted octanol–water partition coefficient (Wildman–Crippen LogP) is 5.14. The van der Waals surface area contributed by atoms with Gasteiger partial charge in [0.15, 0.2) is 0 Å². The summed E-state index contributed by atoms with van der Waals surface area (Å²) in [6.45, 7) is 0. The Kier molecular flexibility index (Phi) is 2.46. The molecule has 0 spiro atoms. The molecule has 104 valence electrons. The summed E-state index contributed by atoms with van der Waals surface area (Å²) in [5.74, 6) is 4.03. The summed E-state index contributed by atoms with van der Waals surface area (Å²) in [5.41, 5.74) is 1.34. The largest absolute Gasteiger partial charge is 0.382 e. The number of hydrogen-bond acceptors (Lipinski definition) is 2. The zero-order valence-electron chi connectivity index (χ0n) is 11.7. The van der Waals surface area contributed by atoms with Gasteiger partial charge in [-0.2, -0.15) is 0 Å². The minimum atomic E-state index is 0.749. The maximum absolute atomic E-state index is 3.91. The Hall–Kier alpha value is -1.02. The predicted molar refractivity (Wildman–Crippen MR) is 86.3 cm³/mol. The van der Waals surface area contributed by atoms with E-state index in [2.05, 4.69) is 35.0 Å². The molecule has 2 aromatic rings. The maximum atomic E-state index is 3.91. The molecule has 4 aliphatic carbocycles. The Bertz CT molecular complexity index is 616. The molecule has 4 aliphatic rings. The second-order valence-electron chi connectivity index (χ2n) is 7.27. The number of hydrogen-bond donors (Lipinski definition) is 1. The van der Waals surface area contributed by atoms with Gasteiger partial charge in [-0.1, -0.05) is 0 Å². The number of benzene rings is 1. The van der Waals surface area contributed by atoms with E-state index in [0.29, 0.717) is 0 Å². The van der Waals surface area contributed by atoms with Crippen molar-refractivity contribution in [3.8, 4) is 0 Å². The highest BCUT2D eigenvalue weighted by Gasteiger charge is 2.48. The summed E-state index contributed by atoms with van der Waals surface area (Å²) < 4.78 is 1.40. The second kappa shape index (κ2) is 4.24. The first-order chi connectivity index (χ1) is 9.85. The van der Waals surface area contributed by atoms with Gasteiger partial charge in [-0.3, -0.25) is 0 Å². The molecule has 20 heavy (non-hydrogen) atoms. The molecule has 4 fully saturated rings. The van der Waals surface area contributed by atoms with Gasteiger partial charge in [0.1, 0.15) is 0 Å². The lowest BCUT2D eigenvalue weighted by molar-refractivity contribution is 0.00754. The van der Waals surface area contributed by atoms with E-state index < -0.39 is 0 Å². The van der Waals surface area contributed by atoms with Gasteiger partial charge in [0.2, 0.25) is 0 Å². The van der Waals surface area contributed by atoms with E-state index in [0.717, 1.165) is 29.7 Å². The van der Waals surface area contributed by atoms with Crippen molar-refractivity contribution in [1.82, 2.24) is 0 Å². The van der Waals surface area contributed by atoms with Crippen molar-refractivity contribution in [2.24, 2.45) is 23.7 Å². The van der Waals surface area contributed by atoms with Crippen molar-refractivity contribution in [3.63, 3.8) is 0 Å². The Morgan fingerprint density at radius 1 is 0.900 bits per heavy atom. The number of anilines is 1. The smallest absolute Gasteiger partial charge is 0.0349 e. The molecule has 0 unspecified atom stereocenters. The normalized spacial score (nSPS) is 38.5. The summed E-state index contributed by atoms with van der Waals surface area (Å²) in [6.07, 6.45) is 7.51. The van der Waals surface area contributed by atoms with E-state index in [9.17, 15) is 0 Å². The van der Waals surface area contributed by atoms with Crippen LogP contribution in [0.3, 0.4) is 0 Å². The summed E-state index contributed by atoms with van der Waals surface area (Å²) in [6, 6.07) is 9.89. The molecule has 0 atom stereocenters. The molecule has 2 heteroatoms. The summed E-state index contributed by atoms with van der Waals surface area (Å²) in [7, 11) is 0. The molecular formula is C18H21NS. The molecule has 1 aromatic heterocycles. The van der Waals surface area contributed by atoms with E-state index in [1.807, 2.05) is 11.3 Å². The Morgan fingerprint density at radius 2 is 1.65 bits per heavy atom. The first-order valence-corrected chi connectivity index (χ1v) is 8.97. The van der Waals surface area contributed by atoms with Crippen molar-refractivity contribution in [3.05, 3.63) is 29.6 Å². The minimum absolute atomic E-state index is 0.749. The number of nitrogens with one attached hydrogen (secondary N) is 1. The van der Waals surface area contributed by atoms with Crippen LogP contribution in [-0.2, 0) is 0 Å². The molecule has 1 nitrogen and oxygen atoms in total. The SMILES string of the molecule is c1cc2cc(NC3C4CC5CC(C4)CC3C5)ccc2s1. The Morgan fingerprint density at radius 3 is 2.40 bits per heavy atom. The molecule has 0 saturated heterocycles. The van der Waals surface area contributed by atoms with E-state index in [-0.39, 0.29) is 0 Å². The van der Waals surface area contributed by atoms with Crippen LogP contribution < -0.4 is 5.32 Å². The van der Waals surface area contributed by atoms with Crippen LogP contribution in [0.1, 0.15) is 32.1 Å². The van der Waals surface area contributed by atoms with Crippen molar-refractivity contribution in [2.75, 3.05) is 5.32 Å². The summed E-state index contributed by atoms with van der Waals surface area (Å²) >= 11 is 1.84. The number of fused-ring (bicyclic) bond motifs is 1. The van der Waals surface area contributed by atoms with E-state index in [4.69, 9.17) is 0 Å².